The van der Waals surface area contributed by atoms with E-state index in [0.717, 1.165) is 12.0 Å². The van der Waals surface area contributed by atoms with E-state index in [4.69, 9.17) is 5.73 Å². The molecule has 0 spiro atoms. The van der Waals surface area contributed by atoms with Crippen molar-refractivity contribution in [2.75, 3.05) is 6.54 Å². The Balaban J connectivity index is 2.12. The molecule has 0 aliphatic carbocycles. The van der Waals surface area contributed by atoms with Crippen LogP contribution in [0, 0.1) is 11.8 Å². The van der Waals surface area contributed by atoms with Crippen molar-refractivity contribution in [3.05, 3.63) is 57.8 Å². The number of hydrogen-bond acceptors (Lipinski definition) is 3. The lowest BCUT2D eigenvalue weighted by molar-refractivity contribution is 0.0936. The van der Waals surface area contributed by atoms with Gasteiger partial charge in [0, 0.05) is 16.0 Å². The van der Waals surface area contributed by atoms with Crippen LogP contribution in [0.3, 0.4) is 0 Å². The summed E-state index contributed by atoms with van der Waals surface area (Å²) in [7, 11) is 0. The van der Waals surface area contributed by atoms with Crippen LogP contribution >= 0.6 is 11.3 Å². The lowest BCUT2D eigenvalue weighted by atomic mass is 10.1. The van der Waals surface area contributed by atoms with Crippen LogP contribution in [0.2, 0.25) is 0 Å². The number of nitrogens with one attached hydrogen (secondary N) is 1. The molecule has 1 unspecified atom stereocenters. The van der Waals surface area contributed by atoms with E-state index in [1.807, 2.05) is 29.6 Å². The number of amides is 1. The van der Waals surface area contributed by atoms with E-state index in [1.165, 1.54) is 4.88 Å². The monoisotopic (exact) mass is 298 g/mol. The minimum absolute atomic E-state index is 0.0521. The lowest BCUT2D eigenvalue weighted by Crippen LogP contribution is -2.27. The second kappa shape index (κ2) is 7.63. The average molecular weight is 298 g/mol. The van der Waals surface area contributed by atoms with Gasteiger partial charge in [0.15, 0.2) is 0 Å². The highest BCUT2D eigenvalue weighted by atomic mass is 32.1. The molecule has 2 rings (SSSR count). The fourth-order valence-corrected chi connectivity index (χ4v) is 2.86. The van der Waals surface area contributed by atoms with Gasteiger partial charge in [0.25, 0.3) is 5.91 Å². The highest BCUT2D eigenvalue weighted by Gasteiger charge is 2.14. The van der Waals surface area contributed by atoms with Gasteiger partial charge in [0.1, 0.15) is 0 Å². The fourth-order valence-electron chi connectivity index (χ4n) is 2.00. The summed E-state index contributed by atoms with van der Waals surface area (Å²) in [5.41, 5.74) is 6.78. The van der Waals surface area contributed by atoms with Gasteiger partial charge in [0.2, 0.25) is 0 Å². The molecular weight excluding hydrogens is 280 g/mol. The molecule has 0 fully saturated rings. The molecule has 0 aliphatic rings. The van der Waals surface area contributed by atoms with Crippen molar-refractivity contribution < 1.29 is 4.79 Å². The van der Waals surface area contributed by atoms with E-state index >= 15 is 0 Å². The molecule has 0 saturated carbocycles. The van der Waals surface area contributed by atoms with E-state index in [-0.39, 0.29) is 11.9 Å². The molecule has 1 atom stereocenters. The normalized spacial score (nSPS) is 11.3. The van der Waals surface area contributed by atoms with Crippen LogP contribution in [0.25, 0.3) is 0 Å². The molecule has 2 aromatic rings. The first-order valence-corrected chi connectivity index (χ1v) is 7.75. The smallest absolute Gasteiger partial charge is 0.251 e. The number of nitrogens with two attached hydrogens (primary N) is 1. The number of carbonyl (C=O) groups is 1. The summed E-state index contributed by atoms with van der Waals surface area (Å²) in [6.07, 6.45) is 0.860. The van der Waals surface area contributed by atoms with E-state index in [0.29, 0.717) is 12.1 Å². The SMILES string of the molecule is CCC(NC(=O)c1cccc(C#CCN)c1)c1cccs1. The molecular formula is C17H18N2OS. The van der Waals surface area contributed by atoms with Crippen molar-refractivity contribution in [2.24, 2.45) is 5.73 Å². The Hall–Kier alpha value is -2.09. The zero-order chi connectivity index (χ0) is 15.1. The molecule has 0 saturated heterocycles. The third kappa shape index (κ3) is 4.19. The first-order valence-electron chi connectivity index (χ1n) is 6.88. The van der Waals surface area contributed by atoms with Gasteiger partial charge in [0.05, 0.1) is 12.6 Å². The van der Waals surface area contributed by atoms with Gasteiger partial charge in [-0.05, 0) is 36.1 Å². The van der Waals surface area contributed by atoms with Crippen LogP contribution in [0.5, 0.6) is 0 Å². The molecule has 1 heterocycles. The molecule has 1 aromatic carbocycles. The van der Waals surface area contributed by atoms with Gasteiger partial charge in [-0.2, -0.15) is 0 Å². The maximum absolute atomic E-state index is 12.4. The van der Waals surface area contributed by atoms with Gasteiger partial charge in [-0.15, -0.1) is 11.3 Å². The number of thiophene rings is 1. The highest BCUT2D eigenvalue weighted by Crippen LogP contribution is 2.22. The van der Waals surface area contributed by atoms with Crippen LogP contribution < -0.4 is 11.1 Å². The zero-order valence-corrected chi connectivity index (χ0v) is 12.7. The molecule has 0 bridgehead atoms. The maximum Gasteiger partial charge on any atom is 0.251 e. The number of rotatable bonds is 4. The summed E-state index contributed by atoms with van der Waals surface area (Å²) in [5.74, 6) is 5.66. The number of hydrogen-bond donors (Lipinski definition) is 2. The lowest BCUT2D eigenvalue weighted by Gasteiger charge is -2.15. The maximum atomic E-state index is 12.4. The van der Waals surface area contributed by atoms with Crippen LogP contribution in [0.15, 0.2) is 41.8 Å². The second-order valence-corrected chi connectivity index (χ2v) is 5.52. The van der Waals surface area contributed by atoms with Crippen molar-refractivity contribution in [3.8, 4) is 11.8 Å². The fraction of sp³-hybridized carbons (Fsp3) is 0.235. The predicted octanol–water partition coefficient (Wildman–Crippen LogP) is 2.94. The molecule has 0 radical (unpaired) electrons. The first kappa shape index (κ1) is 15.3. The van der Waals surface area contributed by atoms with E-state index < -0.39 is 0 Å². The van der Waals surface area contributed by atoms with Crippen molar-refractivity contribution >= 4 is 17.2 Å². The summed E-state index contributed by atoms with van der Waals surface area (Å²) in [6.45, 7) is 2.38. The molecule has 1 amide bonds. The molecule has 3 nitrogen and oxygen atoms in total. The zero-order valence-electron chi connectivity index (χ0n) is 11.9. The quantitative estimate of drug-likeness (QED) is 0.853. The van der Waals surface area contributed by atoms with Crippen LogP contribution in [0.1, 0.15) is 40.2 Å². The van der Waals surface area contributed by atoms with Gasteiger partial charge >= 0.3 is 0 Å². The topological polar surface area (TPSA) is 55.1 Å². The molecule has 1 aromatic heterocycles. The Kier molecular flexibility index (Phi) is 5.56. The number of benzene rings is 1. The average Bonchev–Trinajstić information content (AvgIpc) is 3.04. The standard InChI is InChI=1S/C17H18N2OS/c1-2-15(16-9-5-11-21-16)19-17(20)14-8-3-6-13(12-14)7-4-10-18/h3,5-6,8-9,11-12,15H,2,10,18H2,1H3,(H,19,20). The second-order valence-electron chi connectivity index (χ2n) is 4.54. The Labute approximate surface area is 129 Å². The van der Waals surface area contributed by atoms with E-state index in [1.54, 1.807) is 23.5 Å². The summed E-state index contributed by atoms with van der Waals surface area (Å²) >= 11 is 1.66. The Bertz CT molecular complexity index is 653. The summed E-state index contributed by atoms with van der Waals surface area (Å²) < 4.78 is 0. The predicted molar refractivity (Wildman–Crippen MR) is 87.2 cm³/mol. The summed E-state index contributed by atoms with van der Waals surface area (Å²) in [6, 6.07) is 11.4. The van der Waals surface area contributed by atoms with Gasteiger partial charge in [-0.1, -0.05) is 30.9 Å². The van der Waals surface area contributed by atoms with Crippen LogP contribution in [-0.4, -0.2) is 12.5 Å². The third-order valence-electron chi connectivity index (χ3n) is 3.06. The minimum atomic E-state index is -0.0772. The number of carbonyl (C=O) groups excluding carboxylic acids is 1. The van der Waals surface area contributed by atoms with E-state index in [9.17, 15) is 4.79 Å². The molecule has 21 heavy (non-hydrogen) atoms. The van der Waals surface area contributed by atoms with Crippen molar-refractivity contribution in [2.45, 2.75) is 19.4 Å². The first-order chi connectivity index (χ1) is 10.2. The van der Waals surface area contributed by atoms with Gasteiger partial charge in [-0.25, -0.2) is 0 Å². The largest absolute Gasteiger partial charge is 0.344 e. The van der Waals surface area contributed by atoms with E-state index in [2.05, 4.69) is 24.1 Å². The van der Waals surface area contributed by atoms with Crippen molar-refractivity contribution in [1.82, 2.24) is 5.32 Å². The molecule has 4 heteroatoms. The summed E-state index contributed by atoms with van der Waals surface area (Å²) in [5, 5.41) is 5.09. The van der Waals surface area contributed by atoms with Crippen LogP contribution in [0.4, 0.5) is 0 Å². The third-order valence-corrected chi connectivity index (χ3v) is 4.05. The highest BCUT2D eigenvalue weighted by molar-refractivity contribution is 7.10. The van der Waals surface area contributed by atoms with Crippen molar-refractivity contribution in [1.29, 1.82) is 0 Å². The van der Waals surface area contributed by atoms with Gasteiger partial charge in [-0.3, -0.25) is 4.79 Å². The molecule has 108 valence electrons. The van der Waals surface area contributed by atoms with Gasteiger partial charge < -0.3 is 11.1 Å². The Morgan fingerprint density at radius 2 is 2.24 bits per heavy atom. The van der Waals surface area contributed by atoms with Crippen LogP contribution in [-0.2, 0) is 0 Å². The minimum Gasteiger partial charge on any atom is -0.344 e. The molecule has 3 N–H and O–H groups in total. The van der Waals surface area contributed by atoms with Crippen molar-refractivity contribution in [3.63, 3.8) is 0 Å². The molecule has 0 aliphatic heterocycles. The summed E-state index contributed by atoms with van der Waals surface area (Å²) in [4.78, 5) is 13.5. The Morgan fingerprint density at radius 3 is 2.90 bits per heavy atom. The Morgan fingerprint density at radius 1 is 1.38 bits per heavy atom.